The van der Waals surface area contributed by atoms with Gasteiger partial charge in [0, 0.05) is 23.1 Å². The zero-order chi connectivity index (χ0) is 11.2. The number of hydrogen-bond acceptors (Lipinski definition) is 4. The van der Waals surface area contributed by atoms with E-state index in [1.807, 2.05) is 0 Å². The predicted molar refractivity (Wildman–Crippen MR) is 58.7 cm³/mol. The van der Waals surface area contributed by atoms with Crippen LogP contribution in [0.2, 0.25) is 5.15 Å². The molecule has 0 spiro atoms. The highest BCUT2D eigenvalue weighted by atomic mass is 79.9. The zero-order valence-corrected chi connectivity index (χ0v) is 10.8. The minimum atomic E-state index is -3.92. The summed E-state index contributed by atoms with van der Waals surface area (Å²) in [6, 6.07) is 0. The molecule has 0 aromatic carbocycles. The Labute approximate surface area is 103 Å². The molecule has 0 amide bonds. The van der Waals surface area contributed by atoms with Crippen molar-refractivity contribution < 1.29 is 8.42 Å². The van der Waals surface area contributed by atoms with Gasteiger partial charge in [0.1, 0.15) is 15.0 Å². The fourth-order valence-corrected chi connectivity index (χ4v) is 3.80. The number of nitrogens with zero attached hydrogens (tertiary/aromatic N) is 3. The Balaban J connectivity index is 3.02. The van der Waals surface area contributed by atoms with Gasteiger partial charge in [0.15, 0.2) is 5.15 Å². The Morgan fingerprint density at radius 2 is 2.13 bits per heavy atom. The highest BCUT2D eigenvalue weighted by Crippen LogP contribution is 2.31. The molecule has 0 fully saturated rings. The Morgan fingerprint density at radius 1 is 1.47 bits per heavy atom. The average molecular weight is 331 g/mol. The highest BCUT2D eigenvalue weighted by Gasteiger charge is 2.24. The molecule has 2 heterocycles. The van der Waals surface area contributed by atoms with E-state index in [0.717, 1.165) is 0 Å². The summed E-state index contributed by atoms with van der Waals surface area (Å²) in [7, 11) is 1.34. The molecule has 0 radical (unpaired) electrons. The van der Waals surface area contributed by atoms with Gasteiger partial charge in [-0.15, -0.1) is 0 Å². The van der Waals surface area contributed by atoms with Crippen molar-refractivity contribution in [3.8, 4) is 0 Å². The SMILES string of the molecule is O=S(=O)(Cl)c1c(Br)nn2ccnc(Cl)c12. The summed E-state index contributed by atoms with van der Waals surface area (Å²) in [5, 5.41) is 3.91. The fraction of sp³-hybridized carbons (Fsp3) is 0. The summed E-state index contributed by atoms with van der Waals surface area (Å²) < 4.78 is 23.9. The molecule has 9 heteroatoms. The van der Waals surface area contributed by atoms with E-state index in [9.17, 15) is 8.42 Å². The third-order valence-corrected chi connectivity index (χ3v) is 4.09. The monoisotopic (exact) mass is 329 g/mol. The molecule has 0 atom stereocenters. The van der Waals surface area contributed by atoms with Gasteiger partial charge < -0.3 is 0 Å². The van der Waals surface area contributed by atoms with Crippen LogP contribution < -0.4 is 0 Å². The van der Waals surface area contributed by atoms with Crippen molar-refractivity contribution in [3.05, 3.63) is 22.1 Å². The average Bonchev–Trinajstić information content (AvgIpc) is 2.41. The van der Waals surface area contributed by atoms with Crippen LogP contribution in [0.3, 0.4) is 0 Å². The maximum absolute atomic E-state index is 11.3. The van der Waals surface area contributed by atoms with Gasteiger partial charge in [0.05, 0.1) is 0 Å². The Hall–Kier alpha value is -0.370. The lowest BCUT2D eigenvalue weighted by Crippen LogP contribution is -1.93. The van der Waals surface area contributed by atoms with Crippen LogP contribution in [-0.4, -0.2) is 23.0 Å². The smallest absolute Gasteiger partial charge is 0.241 e. The fourth-order valence-electron chi connectivity index (χ4n) is 1.13. The molecule has 0 aliphatic heterocycles. The van der Waals surface area contributed by atoms with Crippen LogP contribution in [0.25, 0.3) is 5.52 Å². The second kappa shape index (κ2) is 3.58. The standard InChI is InChI=1S/C6H2BrCl2N3O2S/c7-5-4(15(9,13)14)3-6(8)10-1-2-12(3)11-5/h1-2H. The normalized spacial score (nSPS) is 12.2. The van der Waals surface area contributed by atoms with Gasteiger partial charge in [-0.2, -0.15) is 5.10 Å². The predicted octanol–water partition coefficient (Wildman–Crippen LogP) is 2.07. The molecule has 0 aliphatic rings. The first-order chi connectivity index (χ1) is 6.91. The Morgan fingerprint density at radius 3 is 2.73 bits per heavy atom. The first kappa shape index (κ1) is 11.1. The molecular formula is C6H2BrCl2N3O2S. The molecule has 15 heavy (non-hydrogen) atoms. The third kappa shape index (κ3) is 1.84. The summed E-state index contributed by atoms with van der Waals surface area (Å²) in [6.07, 6.45) is 2.87. The second-order valence-electron chi connectivity index (χ2n) is 2.57. The van der Waals surface area contributed by atoms with Crippen molar-refractivity contribution in [1.29, 1.82) is 0 Å². The molecule has 0 unspecified atom stereocenters. The van der Waals surface area contributed by atoms with Gasteiger partial charge in [-0.3, -0.25) is 0 Å². The zero-order valence-electron chi connectivity index (χ0n) is 6.85. The minimum absolute atomic E-state index is 0.0231. The summed E-state index contributed by atoms with van der Waals surface area (Å²) >= 11 is 8.76. The minimum Gasteiger partial charge on any atom is -0.241 e. The molecule has 2 aromatic rings. The van der Waals surface area contributed by atoms with E-state index in [1.54, 1.807) is 0 Å². The largest absolute Gasteiger partial charge is 0.266 e. The van der Waals surface area contributed by atoms with Crippen molar-refractivity contribution in [2.24, 2.45) is 0 Å². The van der Waals surface area contributed by atoms with Crippen molar-refractivity contribution in [2.45, 2.75) is 4.90 Å². The lowest BCUT2D eigenvalue weighted by atomic mass is 10.5. The van der Waals surface area contributed by atoms with Crippen molar-refractivity contribution >= 4 is 52.8 Å². The number of fused-ring (bicyclic) bond motifs is 1. The molecule has 0 saturated heterocycles. The highest BCUT2D eigenvalue weighted by molar-refractivity contribution is 9.10. The lowest BCUT2D eigenvalue weighted by Gasteiger charge is -1.96. The Kier molecular flexibility index (Phi) is 2.66. The van der Waals surface area contributed by atoms with Crippen LogP contribution in [0.15, 0.2) is 21.9 Å². The maximum atomic E-state index is 11.3. The molecule has 0 saturated carbocycles. The molecule has 80 valence electrons. The van der Waals surface area contributed by atoms with Crippen LogP contribution in [0.4, 0.5) is 0 Å². The summed E-state index contributed by atoms with van der Waals surface area (Å²) in [6.45, 7) is 0. The topological polar surface area (TPSA) is 64.3 Å². The first-order valence-corrected chi connectivity index (χ1v) is 7.02. The molecular weight excluding hydrogens is 329 g/mol. The molecule has 5 nitrogen and oxygen atoms in total. The van der Waals surface area contributed by atoms with E-state index in [0.29, 0.717) is 0 Å². The second-order valence-corrected chi connectivity index (χ2v) is 6.18. The van der Waals surface area contributed by atoms with Gasteiger partial charge >= 0.3 is 0 Å². The van der Waals surface area contributed by atoms with E-state index in [1.165, 1.54) is 16.9 Å². The number of halogens is 3. The molecule has 2 aromatic heterocycles. The van der Waals surface area contributed by atoms with Gasteiger partial charge in [0.2, 0.25) is 0 Å². The van der Waals surface area contributed by atoms with Gasteiger partial charge in [-0.05, 0) is 15.9 Å². The van der Waals surface area contributed by atoms with Crippen LogP contribution in [0.1, 0.15) is 0 Å². The third-order valence-electron chi connectivity index (χ3n) is 1.66. The summed E-state index contributed by atoms with van der Waals surface area (Å²) in [5.74, 6) is 0. The molecule has 2 rings (SSSR count). The van der Waals surface area contributed by atoms with E-state index in [2.05, 4.69) is 26.0 Å². The van der Waals surface area contributed by atoms with Crippen molar-refractivity contribution in [1.82, 2.24) is 14.6 Å². The van der Waals surface area contributed by atoms with Crippen molar-refractivity contribution in [3.63, 3.8) is 0 Å². The van der Waals surface area contributed by atoms with Gasteiger partial charge in [-0.1, -0.05) is 11.6 Å². The van der Waals surface area contributed by atoms with E-state index < -0.39 is 9.05 Å². The van der Waals surface area contributed by atoms with Crippen LogP contribution in [0.5, 0.6) is 0 Å². The molecule has 0 N–H and O–H groups in total. The van der Waals surface area contributed by atoms with Gasteiger partial charge in [0.25, 0.3) is 9.05 Å². The van der Waals surface area contributed by atoms with Gasteiger partial charge in [-0.25, -0.2) is 17.9 Å². The van der Waals surface area contributed by atoms with E-state index >= 15 is 0 Å². The van der Waals surface area contributed by atoms with Crippen molar-refractivity contribution in [2.75, 3.05) is 0 Å². The number of rotatable bonds is 1. The van der Waals surface area contributed by atoms with E-state index in [4.69, 9.17) is 22.3 Å². The number of aromatic nitrogens is 3. The molecule has 0 aliphatic carbocycles. The van der Waals surface area contributed by atoms with Crippen LogP contribution >= 0.6 is 38.2 Å². The lowest BCUT2D eigenvalue weighted by molar-refractivity contribution is 0.610. The first-order valence-electron chi connectivity index (χ1n) is 3.54. The molecule has 0 bridgehead atoms. The van der Waals surface area contributed by atoms with Crippen LogP contribution in [0, 0.1) is 0 Å². The van der Waals surface area contributed by atoms with E-state index in [-0.39, 0.29) is 20.2 Å². The summed E-state index contributed by atoms with van der Waals surface area (Å²) in [5.41, 5.74) is 0.154. The quantitative estimate of drug-likeness (QED) is 0.751. The number of hydrogen-bond donors (Lipinski definition) is 0. The van der Waals surface area contributed by atoms with Crippen LogP contribution in [-0.2, 0) is 9.05 Å². The maximum Gasteiger partial charge on any atom is 0.266 e. The Bertz CT molecular complexity index is 639. The summed E-state index contributed by atoms with van der Waals surface area (Å²) in [4.78, 5) is 3.58.